The highest BCUT2D eigenvalue weighted by Crippen LogP contribution is 2.32. The Bertz CT molecular complexity index is 443. The Hall–Kier alpha value is -0.000000000000000111. The molecule has 3 nitrogen and oxygen atoms in total. The van der Waals surface area contributed by atoms with Crippen LogP contribution < -0.4 is 5.14 Å². The number of halogens is 3. The molecule has 0 saturated carbocycles. The van der Waals surface area contributed by atoms with E-state index in [1.807, 2.05) is 0 Å². The van der Waals surface area contributed by atoms with Crippen molar-refractivity contribution >= 4 is 44.8 Å². The molecule has 0 atom stereocenters. The summed E-state index contributed by atoms with van der Waals surface area (Å²) in [5.74, 6) is 0. The maximum atomic E-state index is 10.8. The standard InChI is InChI=1S/C6H3Cl3NO2S/c7-3-1-4(8)6(9)5(2-3)13(10,11)12/h1-2,10H. The molecule has 0 aromatic heterocycles. The van der Waals surface area contributed by atoms with E-state index >= 15 is 0 Å². The third-order valence-electron chi connectivity index (χ3n) is 1.25. The fourth-order valence-electron chi connectivity index (χ4n) is 0.728. The molecular weight excluding hydrogens is 256 g/mol. The van der Waals surface area contributed by atoms with Crippen LogP contribution in [0, 0.1) is 0 Å². The molecule has 0 aliphatic rings. The second-order valence-corrected chi connectivity index (χ2v) is 4.87. The van der Waals surface area contributed by atoms with Crippen LogP contribution in [0.3, 0.4) is 0 Å². The smallest absolute Gasteiger partial charge is 0.206 e. The quantitative estimate of drug-likeness (QED) is 0.728. The first-order valence-corrected chi connectivity index (χ1v) is 5.58. The van der Waals surface area contributed by atoms with Gasteiger partial charge in [0.05, 0.1) is 10.0 Å². The van der Waals surface area contributed by atoms with Crippen LogP contribution in [0.2, 0.25) is 15.1 Å². The van der Waals surface area contributed by atoms with Crippen LogP contribution in [-0.4, -0.2) is 8.42 Å². The predicted molar refractivity (Wildman–Crippen MR) is 51.8 cm³/mol. The molecule has 1 rings (SSSR count). The van der Waals surface area contributed by atoms with Crippen LogP contribution in [0.1, 0.15) is 0 Å². The molecule has 0 unspecified atom stereocenters. The largest absolute Gasteiger partial charge is 0.255 e. The van der Waals surface area contributed by atoms with E-state index in [-0.39, 0.29) is 20.0 Å². The van der Waals surface area contributed by atoms with E-state index in [2.05, 4.69) is 0 Å². The fraction of sp³-hybridized carbons (Fsp3) is 0. The molecule has 0 heterocycles. The average molecular weight is 260 g/mol. The number of rotatable bonds is 1. The van der Waals surface area contributed by atoms with Crippen LogP contribution >= 0.6 is 34.8 Å². The van der Waals surface area contributed by atoms with Gasteiger partial charge in [0, 0.05) is 5.02 Å². The first-order chi connectivity index (χ1) is 5.82. The van der Waals surface area contributed by atoms with E-state index in [1.54, 1.807) is 0 Å². The van der Waals surface area contributed by atoms with Crippen molar-refractivity contribution in [3.8, 4) is 0 Å². The molecule has 0 fully saturated rings. The summed E-state index contributed by atoms with van der Waals surface area (Å²) >= 11 is 16.7. The number of benzene rings is 1. The lowest BCUT2D eigenvalue weighted by molar-refractivity contribution is 0.596. The number of sulfonamides is 1. The van der Waals surface area contributed by atoms with Gasteiger partial charge in [0.15, 0.2) is 0 Å². The normalized spacial score (nSPS) is 11.7. The van der Waals surface area contributed by atoms with Gasteiger partial charge in [-0.1, -0.05) is 34.8 Å². The van der Waals surface area contributed by atoms with Crippen molar-refractivity contribution in [3.05, 3.63) is 27.2 Å². The summed E-state index contributed by atoms with van der Waals surface area (Å²) in [5, 5.41) is 6.74. The zero-order valence-corrected chi connectivity index (χ0v) is 9.10. The first kappa shape index (κ1) is 11.1. The van der Waals surface area contributed by atoms with Crippen molar-refractivity contribution in [3.63, 3.8) is 0 Å². The lowest BCUT2D eigenvalue weighted by Crippen LogP contribution is -2.01. The lowest BCUT2D eigenvalue weighted by atomic mass is 10.4. The highest BCUT2D eigenvalue weighted by molar-refractivity contribution is 7.89. The second-order valence-electron chi connectivity index (χ2n) is 2.20. The van der Waals surface area contributed by atoms with Crippen LogP contribution in [0.15, 0.2) is 17.0 Å². The van der Waals surface area contributed by atoms with Crippen molar-refractivity contribution in [2.24, 2.45) is 0 Å². The third kappa shape index (κ3) is 2.48. The van der Waals surface area contributed by atoms with Gasteiger partial charge in [-0.05, 0) is 12.1 Å². The van der Waals surface area contributed by atoms with Gasteiger partial charge < -0.3 is 0 Å². The summed E-state index contributed by atoms with van der Waals surface area (Å²) in [7, 11) is -4.13. The minimum atomic E-state index is -4.13. The monoisotopic (exact) mass is 258 g/mol. The minimum Gasteiger partial charge on any atom is -0.206 e. The van der Waals surface area contributed by atoms with Crippen LogP contribution in [-0.2, 0) is 10.0 Å². The van der Waals surface area contributed by atoms with Gasteiger partial charge in [0.2, 0.25) is 0 Å². The molecule has 1 aromatic carbocycles. The van der Waals surface area contributed by atoms with Crippen LogP contribution in [0.5, 0.6) is 0 Å². The molecule has 0 aliphatic carbocycles. The Balaban J connectivity index is 3.56. The van der Waals surface area contributed by atoms with E-state index in [1.165, 1.54) is 6.07 Å². The Morgan fingerprint density at radius 3 is 2.15 bits per heavy atom. The molecule has 13 heavy (non-hydrogen) atoms. The lowest BCUT2D eigenvalue weighted by Gasteiger charge is -2.02. The summed E-state index contributed by atoms with van der Waals surface area (Å²) in [5.41, 5.74) is 0. The van der Waals surface area contributed by atoms with E-state index in [0.717, 1.165) is 6.07 Å². The Kier molecular flexibility index (Phi) is 3.09. The fourth-order valence-corrected chi connectivity index (χ4v) is 2.38. The maximum absolute atomic E-state index is 10.8. The van der Waals surface area contributed by atoms with Gasteiger partial charge in [0.25, 0.3) is 10.0 Å². The van der Waals surface area contributed by atoms with E-state index < -0.39 is 10.0 Å². The molecule has 71 valence electrons. The van der Waals surface area contributed by atoms with Gasteiger partial charge >= 0.3 is 0 Å². The van der Waals surface area contributed by atoms with Crippen molar-refractivity contribution in [2.75, 3.05) is 0 Å². The minimum absolute atomic E-state index is 0.0139. The molecule has 1 N–H and O–H groups in total. The van der Waals surface area contributed by atoms with Crippen LogP contribution in [0.4, 0.5) is 0 Å². The van der Waals surface area contributed by atoms with E-state index in [4.69, 9.17) is 39.9 Å². The molecule has 1 radical (unpaired) electrons. The third-order valence-corrected chi connectivity index (χ3v) is 3.28. The summed E-state index contributed by atoms with van der Waals surface area (Å²) in [6.07, 6.45) is 0. The molecule has 0 bridgehead atoms. The van der Waals surface area contributed by atoms with Gasteiger partial charge in [0.1, 0.15) is 4.90 Å². The first-order valence-electron chi connectivity index (χ1n) is 2.96. The van der Waals surface area contributed by atoms with E-state index in [0.29, 0.717) is 0 Å². The van der Waals surface area contributed by atoms with Gasteiger partial charge in [-0.15, -0.1) is 5.14 Å². The molecule has 7 heteroatoms. The van der Waals surface area contributed by atoms with Crippen LogP contribution in [0.25, 0.3) is 0 Å². The topological polar surface area (TPSA) is 57.9 Å². The Morgan fingerprint density at radius 2 is 1.69 bits per heavy atom. The number of hydrogen-bond acceptors (Lipinski definition) is 2. The number of hydrogen-bond donors (Lipinski definition) is 0. The van der Waals surface area contributed by atoms with E-state index in [9.17, 15) is 8.42 Å². The summed E-state index contributed by atoms with van der Waals surface area (Å²) in [4.78, 5) is -0.383. The van der Waals surface area contributed by atoms with Crippen molar-refractivity contribution < 1.29 is 8.42 Å². The molecule has 1 aromatic rings. The molecule has 0 spiro atoms. The molecular formula is C6H3Cl3NO2S. The van der Waals surface area contributed by atoms with Crippen molar-refractivity contribution in [1.82, 2.24) is 5.14 Å². The Morgan fingerprint density at radius 1 is 1.15 bits per heavy atom. The Labute approximate surface area is 90.4 Å². The average Bonchev–Trinajstić information content (AvgIpc) is 1.94. The zero-order chi connectivity index (χ0) is 10.2. The summed E-state index contributed by atoms with van der Waals surface area (Å²) in [6, 6.07) is 2.39. The zero-order valence-electron chi connectivity index (χ0n) is 6.01. The summed E-state index contributed by atoms with van der Waals surface area (Å²) < 4.78 is 21.6. The molecule has 0 aliphatic heterocycles. The van der Waals surface area contributed by atoms with Gasteiger partial charge in [-0.2, -0.15) is 0 Å². The van der Waals surface area contributed by atoms with Gasteiger partial charge in [-0.3, -0.25) is 0 Å². The SMILES string of the molecule is [NH]S(=O)(=O)c1cc(Cl)cc(Cl)c1Cl. The maximum Gasteiger partial charge on any atom is 0.255 e. The van der Waals surface area contributed by atoms with Gasteiger partial charge in [-0.25, -0.2) is 8.42 Å². The highest BCUT2D eigenvalue weighted by atomic mass is 35.5. The molecule has 0 saturated heterocycles. The predicted octanol–water partition coefficient (Wildman–Crippen LogP) is 2.62. The summed E-state index contributed by atoms with van der Waals surface area (Å²) in [6.45, 7) is 0. The second kappa shape index (κ2) is 3.63. The van der Waals surface area contributed by atoms with Crippen molar-refractivity contribution in [2.45, 2.75) is 4.90 Å². The van der Waals surface area contributed by atoms with Crippen molar-refractivity contribution in [1.29, 1.82) is 0 Å². The number of nitrogens with one attached hydrogen (secondary N) is 1. The molecule has 0 amide bonds. The highest BCUT2D eigenvalue weighted by Gasteiger charge is 2.16.